The fourth-order valence-electron chi connectivity index (χ4n) is 1.31. The molecule has 1 rings (SSSR count). The number of nitrogens with two attached hydrogens (primary N) is 2. The summed E-state index contributed by atoms with van der Waals surface area (Å²) in [7, 11) is 0. The Morgan fingerprint density at radius 2 is 2.00 bits per heavy atom. The smallest absolute Gasteiger partial charge is 0.217 e. The number of benzene rings is 1. The molecule has 0 saturated carbocycles. The van der Waals surface area contributed by atoms with Gasteiger partial charge in [0.15, 0.2) is 0 Å². The van der Waals surface area contributed by atoms with Gasteiger partial charge in [-0.15, -0.1) is 0 Å². The van der Waals surface area contributed by atoms with Crippen molar-refractivity contribution in [3.05, 3.63) is 35.9 Å². The lowest BCUT2D eigenvalue weighted by molar-refractivity contribution is -0.118. The number of amides is 1. The lowest BCUT2D eigenvalue weighted by Crippen LogP contribution is -2.28. The van der Waals surface area contributed by atoms with Crippen LogP contribution in [0, 0.1) is 0 Å². The van der Waals surface area contributed by atoms with Crippen molar-refractivity contribution in [1.82, 2.24) is 0 Å². The van der Waals surface area contributed by atoms with Crippen molar-refractivity contribution < 1.29 is 9.53 Å². The number of carbonyl (C=O) groups excluding carboxylic acids is 1. The molecular formula is C12H18N2O2. The van der Waals surface area contributed by atoms with Gasteiger partial charge >= 0.3 is 0 Å². The third-order valence-electron chi connectivity index (χ3n) is 2.21. The molecule has 1 amide bonds. The maximum absolute atomic E-state index is 10.5. The fraction of sp³-hybridized carbons (Fsp3) is 0.417. The number of hydrogen-bond donors (Lipinski definition) is 2. The van der Waals surface area contributed by atoms with Crippen molar-refractivity contribution in [2.75, 3.05) is 6.61 Å². The van der Waals surface area contributed by atoms with Gasteiger partial charge in [-0.2, -0.15) is 0 Å². The number of primary amides is 1. The number of ether oxygens (including phenoxy) is 1. The summed E-state index contributed by atoms with van der Waals surface area (Å²) in [5.74, 6) is -0.321. The van der Waals surface area contributed by atoms with E-state index in [4.69, 9.17) is 16.2 Å². The van der Waals surface area contributed by atoms with Gasteiger partial charge in [0.25, 0.3) is 0 Å². The minimum Gasteiger partial charge on any atom is -0.375 e. The molecule has 4 nitrogen and oxygen atoms in total. The molecule has 1 atom stereocenters. The Bertz CT molecular complexity index is 314. The lowest BCUT2D eigenvalue weighted by atomic mass is 10.2. The summed E-state index contributed by atoms with van der Waals surface area (Å²) in [4.78, 5) is 10.5. The van der Waals surface area contributed by atoms with Crippen LogP contribution in [0.3, 0.4) is 0 Å². The quantitative estimate of drug-likeness (QED) is 0.716. The Balaban J connectivity index is 2.13. The predicted molar refractivity (Wildman–Crippen MR) is 62.5 cm³/mol. The van der Waals surface area contributed by atoms with Crippen molar-refractivity contribution in [3.8, 4) is 0 Å². The van der Waals surface area contributed by atoms with Crippen molar-refractivity contribution in [1.29, 1.82) is 0 Å². The van der Waals surface area contributed by atoms with Gasteiger partial charge in [0.05, 0.1) is 13.2 Å². The van der Waals surface area contributed by atoms with Gasteiger partial charge in [-0.05, 0) is 12.0 Å². The summed E-state index contributed by atoms with van der Waals surface area (Å²) < 4.78 is 5.44. The third kappa shape index (κ3) is 5.48. The van der Waals surface area contributed by atoms with Crippen molar-refractivity contribution in [2.45, 2.75) is 25.5 Å². The Labute approximate surface area is 95.6 Å². The van der Waals surface area contributed by atoms with Crippen LogP contribution in [-0.4, -0.2) is 18.6 Å². The van der Waals surface area contributed by atoms with Crippen molar-refractivity contribution in [3.63, 3.8) is 0 Å². The van der Waals surface area contributed by atoms with Gasteiger partial charge in [0.1, 0.15) is 0 Å². The molecule has 0 fully saturated rings. The van der Waals surface area contributed by atoms with Crippen LogP contribution < -0.4 is 11.5 Å². The molecule has 0 spiro atoms. The highest BCUT2D eigenvalue weighted by Gasteiger charge is 2.04. The summed E-state index contributed by atoms with van der Waals surface area (Å²) in [5, 5.41) is 0. The number of carbonyl (C=O) groups is 1. The van der Waals surface area contributed by atoms with Crippen LogP contribution in [0.4, 0.5) is 0 Å². The molecule has 16 heavy (non-hydrogen) atoms. The second-order valence-corrected chi connectivity index (χ2v) is 3.77. The van der Waals surface area contributed by atoms with Gasteiger partial charge in [0, 0.05) is 12.5 Å². The SMILES string of the molecule is NC(=O)CC[C@H](N)COCc1ccccc1. The summed E-state index contributed by atoms with van der Waals surface area (Å²) >= 11 is 0. The Kier molecular flexibility index (Phi) is 5.53. The highest BCUT2D eigenvalue weighted by atomic mass is 16.5. The van der Waals surface area contributed by atoms with Crippen molar-refractivity contribution in [2.24, 2.45) is 11.5 Å². The zero-order valence-electron chi connectivity index (χ0n) is 9.26. The van der Waals surface area contributed by atoms with E-state index in [2.05, 4.69) is 0 Å². The van der Waals surface area contributed by atoms with Crippen LogP contribution >= 0.6 is 0 Å². The molecule has 0 bridgehead atoms. The van der Waals surface area contributed by atoms with Gasteiger partial charge in [-0.3, -0.25) is 4.79 Å². The molecule has 1 aromatic rings. The molecule has 0 aliphatic carbocycles. The van der Waals surface area contributed by atoms with E-state index in [1.165, 1.54) is 0 Å². The van der Waals surface area contributed by atoms with Gasteiger partial charge in [-0.1, -0.05) is 30.3 Å². The molecule has 0 aromatic heterocycles. The van der Waals surface area contributed by atoms with E-state index in [1.807, 2.05) is 30.3 Å². The first-order chi connectivity index (χ1) is 7.68. The van der Waals surface area contributed by atoms with Crippen LogP contribution in [0.15, 0.2) is 30.3 Å². The first-order valence-electron chi connectivity index (χ1n) is 5.34. The van der Waals surface area contributed by atoms with Crippen LogP contribution in [0.25, 0.3) is 0 Å². The summed E-state index contributed by atoms with van der Waals surface area (Å²) in [5.41, 5.74) is 11.9. The summed E-state index contributed by atoms with van der Waals surface area (Å²) in [6.45, 7) is 0.993. The molecule has 0 saturated heterocycles. The van der Waals surface area contributed by atoms with Crippen LogP contribution in [0.5, 0.6) is 0 Å². The zero-order chi connectivity index (χ0) is 11.8. The molecule has 0 radical (unpaired) electrons. The van der Waals surface area contributed by atoms with E-state index in [1.54, 1.807) is 0 Å². The maximum atomic E-state index is 10.5. The lowest BCUT2D eigenvalue weighted by Gasteiger charge is -2.11. The molecule has 0 unspecified atom stereocenters. The maximum Gasteiger partial charge on any atom is 0.217 e. The van der Waals surface area contributed by atoms with Gasteiger partial charge < -0.3 is 16.2 Å². The molecule has 0 aliphatic heterocycles. The van der Waals surface area contributed by atoms with Gasteiger partial charge in [-0.25, -0.2) is 0 Å². The summed E-state index contributed by atoms with van der Waals surface area (Å²) in [6.07, 6.45) is 0.889. The molecule has 0 heterocycles. The number of rotatable bonds is 7. The standard InChI is InChI=1S/C12H18N2O2/c13-11(6-7-12(14)15)9-16-8-10-4-2-1-3-5-10/h1-5,11H,6-9,13H2,(H2,14,15)/t11-/m0/s1. The highest BCUT2D eigenvalue weighted by molar-refractivity contribution is 5.73. The molecule has 4 N–H and O–H groups in total. The zero-order valence-corrected chi connectivity index (χ0v) is 9.26. The third-order valence-corrected chi connectivity index (χ3v) is 2.21. The first kappa shape index (κ1) is 12.7. The van der Waals surface area contributed by atoms with E-state index in [0.29, 0.717) is 26.1 Å². The topological polar surface area (TPSA) is 78.3 Å². The average Bonchev–Trinajstić information content (AvgIpc) is 2.28. The number of hydrogen-bond acceptors (Lipinski definition) is 3. The average molecular weight is 222 g/mol. The Morgan fingerprint density at radius 1 is 1.31 bits per heavy atom. The highest BCUT2D eigenvalue weighted by Crippen LogP contribution is 2.02. The molecular weight excluding hydrogens is 204 g/mol. The van der Waals surface area contributed by atoms with E-state index in [9.17, 15) is 4.79 Å². The normalized spacial score (nSPS) is 12.3. The molecule has 0 aliphatic rings. The van der Waals surface area contributed by atoms with E-state index >= 15 is 0 Å². The van der Waals surface area contributed by atoms with Gasteiger partial charge in [0.2, 0.25) is 5.91 Å². The second kappa shape index (κ2) is 6.98. The van der Waals surface area contributed by atoms with Crippen LogP contribution in [0.1, 0.15) is 18.4 Å². The van der Waals surface area contributed by atoms with E-state index in [-0.39, 0.29) is 11.9 Å². The Hall–Kier alpha value is -1.39. The predicted octanol–water partition coefficient (Wildman–Crippen LogP) is 0.796. The van der Waals surface area contributed by atoms with Crippen LogP contribution in [-0.2, 0) is 16.1 Å². The van der Waals surface area contributed by atoms with E-state index < -0.39 is 0 Å². The molecule has 88 valence electrons. The monoisotopic (exact) mass is 222 g/mol. The summed E-state index contributed by atoms with van der Waals surface area (Å²) in [6, 6.07) is 9.75. The largest absolute Gasteiger partial charge is 0.375 e. The van der Waals surface area contributed by atoms with Crippen molar-refractivity contribution >= 4 is 5.91 Å². The minimum absolute atomic E-state index is 0.129. The second-order valence-electron chi connectivity index (χ2n) is 3.77. The van der Waals surface area contributed by atoms with E-state index in [0.717, 1.165) is 5.56 Å². The molecule has 1 aromatic carbocycles. The van der Waals surface area contributed by atoms with Crippen LogP contribution in [0.2, 0.25) is 0 Å². The first-order valence-corrected chi connectivity index (χ1v) is 5.34. The Morgan fingerprint density at radius 3 is 2.62 bits per heavy atom. The fourth-order valence-corrected chi connectivity index (χ4v) is 1.31. The molecule has 4 heteroatoms. The minimum atomic E-state index is -0.321.